The molecule has 1 aliphatic rings. The lowest BCUT2D eigenvalue weighted by molar-refractivity contribution is -0.143. The lowest BCUT2D eigenvalue weighted by Crippen LogP contribution is -2.23. The number of fused-ring (bicyclic) bond motifs is 3. The van der Waals surface area contributed by atoms with E-state index >= 15 is 0 Å². The van der Waals surface area contributed by atoms with Gasteiger partial charge in [0.05, 0.1) is 13.0 Å². The first-order valence-electron chi connectivity index (χ1n) is 8.10. The molecule has 0 saturated heterocycles. The molecule has 0 spiro atoms. The normalized spacial score (nSPS) is 13.1. The Balaban J connectivity index is 1.99. The molecular formula is C18H19FN2O4. The summed E-state index contributed by atoms with van der Waals surface area (Å²) in [4.78, 5) is 24.6. The zero-order valence-corrected chi connectivity index (χ0v) is 13.9. The van der Waals surface area contributed by atoms with Gasteiger partial charge in [0.1, 0.15) is 12.4 Å². The monoisotopic (exact) mass is 346 g/mol. The van der Waals surface area contributed by atoms with Crippen molar-refractivity contribution in [3.8, 4) is 0 Å². The smallest absolute Gasteiger partial charge is 0.325 e. The molecule has 1 aliphatic heterocycles. The summed E-state index contributed by atoms with van der Waals surface area (Å²) in [7, 11) is 0. The van der Waals surface area contributed by atoms with Crippen LogP contribution in [0.4, 0.5) is 4.39 Å². The van der Waals surface area contributed by atoms with Crippen LogP contribution < -0.4 is 0 Å². The quantitative estimate of drug-likeness (QED) is 0.814. The van der Waals surface area contributed by atoms with Crippen LogP contribution in [-0.2, 0) is 27.4 Å². The van der Waals surface area contributed by atoms with E-state index < -0.39 is 5.97 Å². The van der Waals surface area contributed by atoms with Gasteiger partial charge < -0.3 is 19.3 Å². The van der Waals surface area contributed by atoms with Crippen LogP contribution in [0.5, 0.6) is 0 Å². The van der Waals surface area contributed by atoms with Gasteiger partial charge in [-0.25, -0.2) is 4.39 Å². The number of carboxylic acids is 1. The van der Waals surface area contributed by atoms with Crippen LogP contribution >= 0.6 is 0 Å². The van der Waals surface area contributed by atoms with Crippen LogP contribution in [0, 0.1) is 5.82 Å². The minimum Gasteiger partial charge on any atom is -0.481 e. The molecular weight excluding hydrogens is 327 g/mol. The van der Waals surface area contributed by atoms with Gasteiger partial charge in [-0.15, -0.1) is 0 Å². The largest absolute Gasteiger partial charge is 0.481 e. The number of nitrogens with zero attached hydrogens (tertiary/aromatic N) is 2. The number of carboxylic acid groups (broad SMARTS) is 1. The molecule has 3 rings (SSSR count). The third-order valence-corrected chi connectivity index (χ3v) is 4.18. The predicted octanol–water partition coefficient (Wildman–Crippen LogP) is 2.60. The molecule has 1 aromatic carbocycles. The lowest BCUT2D eigenvalue weighted by atomic mass is 10.1. The summed E-state index contributed by atoms with van der Waals surface area (Å²) < 4.78 is 20.6. The topological polar surface area (TPSA) is 71.8 Å². The zero-order chi connectivity index (χ0) is 18.0. The molecule has 0 amide bonds. The van der Waals surface area contributed by atoms with Crippen molar-refractivity contribution in [2.75, 3.05) is 13.2 Å². The second-order valence-electron chi connectivity index (χ2n) is 5.85. The van der Waals surface area contributed by atoms with E-state index in [1.54, 1.807) is 13.0 Å². The average Bonchev–Trinajstić information content (AvgIpc) is 2.86. The Labute approximate surface area is 144 Å². The molecule has 2 heterocycles. The van der Waals surface area contributed by atoms with Gasteiger partial charge in [-0.3, -0.25) is 9.59 Å². The summed E-state index contributed by atoms with van der Waals surface area (Å²) in [5, 5.41) is 9.57. The van der Waals surface area contributed by atoms with E-state index in [-0.39, 0.29) is 24.8 Å². The summed E-state index contributed by atoms with van der Waals surface area (Å²) in [6.45, 7) is 2.93. The number of carbonyl (C=O) groups excluding carboxylic acids is 1. The van der Waals surface area contributed by atoms with Crippen LogP contribution in [0.3, 0.4) is 0 Å². The maximum atomic E-state index is 13.7. The molecule has 0 radical (unpaired) electrons. The van der Waals surface area contributed by atoms with E-state index in [1.165, 1.54) is 12.1 Å². The number of rotatable bonds is 6. The molecule has 0 fully saturated rings. The first kappa shape index (κ1) is 17.0. The molecule has 25 heavy (non-hydrogen) atoms. The zero-order valence-electron chi connectivity index (χ0n) is 13.9. The van der Waals surface area contributed by atoms with E-state index in [9.17, 15) is 14.0 Å². The standard InChI is InChI=1S/C18H19FN2O4/c1-2-25-18(24)11-21-15-4-3-12(19)9-13(15)14-10-20(7-5-16(14)21)8-6-17(22)23/h3-5,7,9H,2,6,8,10-11H2,1H3,(H,22,23). The van der Waals surface area contributed by atoms with Gasteiger partial charge in [-0.1, -0.05) is 0 Å². The minimum atomic E-state index is -0.866. The molecule has 0 bridgehead atoms. The van der Waals surface area contributed by atoms with E-state index in [1.807, 2.05) is 21.7 Å². The van der Waals surface area contributed by atoms with Gasteiger partial charge in [0, 0.05) is 41.4 Å². The Morgan fingerprint density at radius 2 is 2.16 bits per heavy atom. The van der Waals surface area contributed by atoms with Crippen molar-refractivity contribution in [1.82, 2.24) is 9.47 Å². The Morgan fingerprint density at radius 1 is 1.36 bits per heavy atom. The molecule has 0 saturated carbocycles. The van der Waals surface area contributed by atoms with Crippen molar-refractivity contribution in [1.29, 1.82) is 0 Å². The highest BCUT2D eigenvalue weighted by Crippen LogP contribution is 2.32. The summed E-state index contributed by atoms with van der Waals surface area (Å²) in [6.07, 6.45) is 3.66. The van der Waals surface area contributed by atoms with E-state index in [0.717, 1.165) is 22.2 Å². The van der Waals surface area contributed by atoms with E-state index in [4.69, 9.17) is 9.84 Å². The number of carbonyl (C=O) groups is 2. The average molecular weight is 346 g/mol. The van der Waals surface area contributed by atoms with Gasteiger partial charge in [0.15, 0.2) is 0 Å². The van der Waals surface area contributed by atoms with Crippen molar-refractivity contribution < 1.29 is 23.8 Å². The highest BCUT2D eigenvalue weighted by molar-refractivity contribution is 5.90. The molecule has 1 aromatic heterocycles. The van der Waals surface area contributed by atoms with Crippen LogP contribution in [0.25, 0.3) is 17.0 Å². The van der Waals surface area contributed by atoms with Crippen molar-refractivity contribution >= 4 is 28.9 Å². The molecule has 132 valence electrons. The number of esters is 1. The second-order valence-corrected chi connectivity index (χ2v) is 5.85. The van der Waals surface area contributed by atoms with Crippen molar-refractivity contribution in [2.24, 2.45) is 0 Å². The third kappa shape index (κ3) is 3.50. The van der Waals surface area contributed by atoms with Crippen molar-refractivity contribution in [3.05, 3.63) is 41.5 Å². The Kier molecular flexibility index (Phi) is 4.74. The van der Waals surface area contributed by atoms with Gasteiger partial charge in [-0.05, 0) is 31.2 Å². The number of benzene rings is 1. The highest BCUT2D eigenvalue weighted by atomic mass is 19.1. The van der Waals surface area contributed by atoms with Gasteiger partial charge >= 0.3 is 11.9 Å². The Hall–Kier alpha value is -2.83. The predicted molar refractivity (Wildman–Crippen MR) is 90.2 cm³/mol. The fraction of sp³-hybridized carbons (Fsp3) is 0.333. The number of hydrogen-bond donors (Lipinski definition) is 1. The number of hydrogen-bond acceptors (Lipinski definition) is 4. The van der Waals surface area contributed by atoms with E-state index in [2.05, 4.69) is 0 Å². The Morgan fingerprint density at radius 3 is 2.88 bits per heavy atom. The first-order chi connectivity index (χ1) is 12.0. The summed E-state index contributed by atoms with van der Waals surface area (Å²) in [6, 6.07) is 4.46. The maximum absolute atomic E-state index is 13.7. The summed E-state index contributed by atoms with van der Waals surface area (Å²) >= 11 is 0. The van der Waals surface area contributed by atoms with Gasteiger partial charge in [0.25, 0.3) is 0 Å². The Bertz CT molecular complexity index is 856. The third-order valence-electron chi connectivity index (χ3n) is 4.18. The van der Waals surface area contributed by atoms with Crippen LogP contribution in [-0.4, -0.2) is 39.7 Å². The van der Waals surface area contributed by atoms with Crippen molar-refractivity contribution in [2.45, 2.75) is 26.4 Å². The first-order valence-corrected chi connectivity index (χ1v) is 8.10. The summed E-state index contributed by atoms with van der Waals surface area (Å²) in [5.74, 6) is -1.57. The minimum absolute atomic E-state index is 0.0233. The highest BCUT2D eigenvalue weighted by Gasteiger charge is 2.22. The number of aromatic nitrogens is 1. The fourth-order valence-electron chi connectivity index (χ4n) is 3.10. The second kappa shape index (κ2) is 6.96. The molecule has 0 aliphatic carbocycles. The van der Waals surface area contributed by atoms with Crippen LogP contribution in [0.15, 0.2) is 24.4 Å². The van der Waals surface area contributed by atoms with Gasteiger partial charge in [-0.2, -0.15) is 0 Å². The molecule has 1 N–H and O–H groups in total. The number of ether oxygens (including phenoxy) is 1. The van der Waals surface area contributed by atoms with Gasteiger partial charge in [0.2, 0.25) is 0 Å². The molecule has 0 unspecified atom stereocenters. The number of aliphatic carboxylic acids is 1. The molecule has 6 nitrogen and oxygen atoms in total. The van der Waals surface area contributed by atoms with Crippen LogP contribution in [0.1, 0.15) is 24.6 Å². The van der Waals surface area contributed by atoms with Crippen LogP contribution in [0.2, 0.25) is 0 Å². The lowest BCUT2D eigenvalue weighted by Gasteiger charge is -2.24. The van der Waals surface area contributed by atoms with E-state index in [0.29, 0.717) is 19.7 Å². The molecule has 0 atom stereocenters. The maximum Gasteiger partial charge on any atom is 0.325 e. The van der Waals surface area contributed by atoms with Crippen molar-refractivity contribution in [3.63, 3.8) is 0 Å². The SMILES string of the molecule is CCOC(=O)Cn1c2c(c3cc(F)ccc31)CN(CCC(=O)O)C=C2. The molecule has 7 heteroatoms. The fourth-order valence-corrected chi connectivity index (χ4v) is 3.10. The number of halogens is 1. The summed E-state index contributed by atoms with van der Waals surface area (Å²) in [5.41, 5.74) is 2.45. The molecule has 2 aromatic rings.